The molecule has 0 heterocycles. The van der Waals surface area contributed by atoms with Crippen LogP contribution in [-0.4, -0.2) is 25.5 Å². The lowest BCUT2D eigenvalue weighted by atomic mass is 10.1. The van der Waals surface area contributed by atoms with Crippen molar-refractivity contribution in [3.8, 4) is 0 Å². The van der Waals surface area contributed by atoms with Crippen molar-refractivity contribution in [2.45, 2.75) is 33.2 Å². The summed E-state index contributed by atoms with van der Waals surface area (Å²) in [6.45, 7) is 6.74. The van der Waals surface area contributed by atoms with Crippen LogP contribution >= 0.6 is 31.4 Å². The number of hydrogen-bond acceptors (Lipinski definition) is 4. The van der Waals surface area contributed by atoms with Gasteiger partial charge in [-0.1, -0.05) is 32.1 Å². The minimum absolute atomic E-state index is 0.0924. The summed E-state index contributed by atoms with van der Waals surface area (Å²) in [4.78, 5) is 1.16. The largest absolute Gasteiger partial charge is 0.383 e. The minimum atomic E-state index is -1.30. The van der Waals surface area contributed by atoms with Gasteiger partial charge >= 0.3 is 0 Å². The quantitative estimate of drug-likeness (QED) is 0.355. The van der Waals surface area contributed by atoms with Crippen LogP contribution in [0.15, 0.2) is 34.8 Å². The number of ether oxygens (including phenoxy) is 1. The Morgan fingerprint density at radius 3 is 2.37 bits per heavy atom. The third-order valence-electron chi connectivity index (χ3n) is 2.72. The Morgan fingerprint density at radius 2 is 1.95 bits per heavy atom. The van der Waals surface area contributed by atoms with Crippen LogP contribution in [0, 0.1) is 0 Å². The average molecular weight is 322 g/mol. The van der Waals surface area contributed by atoms with Gasteiger partial charge in [0.05, 0.1) is 12.6 Å². The van der Waals surface area contributed by atoms with Gasteiger partial charge in [-0.2, -0.15) is 0 Å². The standard InChI is InChI=1S/C14H27NOS3/c1-5-8-12(14(15)11-16-4)9-10-13(6-2)19(17,18)7-3/h6,8-10,14,17-18H,5,7,11,15H2,1-4H3/b10-9-,12-8-,13-6+. The summed E-state index contributed by atoms with van der Waals surface area (Å²) in [5, 5.41) is 0. The van der Waals surface area contributed by atoms with Crippen LogP contribution in [0.4, 0.5) is 0 Å². The topological polar surface area (TPSA) is 35.2 Å². The third-order valence-corrected chi connectivity index (χ3v) is 7.46. The van der Waals surface area contributed by atoms with E-state index in [0.717, 1.165) is 22.7 Å². The summed E-state index contributed by atoms with van der Waals surface area (Å²) in [7, 11) is 0.370. The average Bonchev–Trinajstić information content (AvgIpc) is 2.38. The molecule has 0 spiro atoms. The molecule has 0 aromatic heterocycles. The molecule has 0 saturated heterocycles. The molecule has 1 atom stereocenters. The van der Waals surface area contributed by atoms with Crippen LogP contribution < -0.4 is 5.73 Å². The molecule has 112 valence electrons. The Bertz CT molecular complexity index is 349. The van der Waals surface area contributed by atoms with Crippen molar-refractivity contribution in [1.29, 1.82) is 0 Å². The smallest absolute Gasteiger partial charge is 0.0655 e. The molecule has 0 rings (SSSR count). The van der Waals surface area contributed by atoms with Crippen molar-refractivity contribution in [3.05, 3.63) is 34.8 Å². The maximum absolute atomic E-state index is 6.09. The molecule has 0 aliphatic rings. The fourth-order valence-electron chi connectivity index (χ4n) is 1.59. The zero-order chi connectivity index (χ0) is 14.9. The van der Waals surface area contributed by atoms with Gasteiger partial charge in [-0.3, -0.25) is 0 Å². The minimum Gasteiger partial charge on any atom is -0.383 e. The summed E-state index contributed by atoms with van der Waals surface area (Å²) in [5.41, 5.74) is 7.18. The van der Waals surface area contributed by atoms with E-state index in [1.165, 1.54) is 0 Å². The highest BCUT2D eigenvalue weighted by Crippen LogP contribution is 2.63. The molecule has 0 amide bonds. The Labute approximate surface area is 129 Å². The molecule has 0 aromatic carbocycles. The van der Waals surface area contributed by atoms with Crippen molar-refractivity contribution >= 4 is 31.4 Å². The second-order valence-corrected chi connectivity index (χ2v) is 11.1. The molecule has 0 aromatic rings. The molecule has 2 N–H and O–H groups in total. The zero-order valence-electron chi connectivity index (χ0n) is 12.3. The number of hydrogen-bond donors (Lipinski definition) is 3. The van der Waals surface area contributed by atoms with Crippen molar-refractivity contribution in [2.24, 2.45) is 5.73 Å². The normalized spacial score (nSPS) is 17.0. The molecule has 1 unspecified atom stereocenters. The van der Waals surface area contributed by atoms with Crippen molar-refractivity contribution in [3.63, 3.8) is 0 Å². The zero-order valence-corrected chi connectivity index (χ0v) is 14.9. The Hall–Kier alpha value is 0.190. The molecule has 0 radical (unpaired) electrons. The van der Waals surface area contributed by atoms with E-state index in [1.54, 1.807) is 7.11 Å². The van der Waals surface area contributed by atoms with Crippen LogP contribution in [0.25, 0.3) is 0 Å². The van der Waals surface area contributed by atoms with Gasteiger partial charge in [0, 0.05) is 12.0 Å². The van der Waals surface area contributed by atoms with Crippen LogP contribution in [0.5, 0.6) is 0 Å². The van der Waals surface area contributed by atoms with Gasteiger partial charge < -0.3 is 10.5 Å². The first kappa shape index (κ1) is 19.2. The first-order chi connectivity index (χ1) is 8.92. The lowest BCUT2D eigenvalue weighted by Crippen LogP contribution is -2.27. The second-order valence-electron chi connectivity index (χ2n) is 4.15. The van der Waals surface area contributed by atoms with E-state index in [-0.39, 0.29) is 6.04 Å². The lowest BCUT2D eigenvalue weighted by molar-refractivity contribution is 0.190. The predicted octanol–water partition coefficient (Wildman–Crippen LogP) is 4.27. The van der Waals surface area contributed by atoms with Gasteiger partial charge in [-0.05, 0) is 30.7 Å². The van der Waals surface area contributed by atoms with E-state index in [1.807, 2.05) is 6.92 Å². The number of methoxy groups -OCH3 is 1. The third kappa shape index (κ3) is 6.95. The monoisotopic (exact) mass is 321 g/mol. The summed E-state index contributed by atoms with van der Waals surface area (Å²) in [6, 6.07) is -0.0924. The molecule has 0 bridgehead atoms. The van der Waals surface area contributed by atoms with Gasteiger partial charge in [0.25, 0.3) is 0 Å². The van der Waals surface area contributed by atoms with Crippen molar-refractivity contribution in [2.75, 3.05) is 19.5 Å². The molecule has 19 heavy (non-hydrogen) atoms. The molecular weight excluding hydrogens is 294 g/mol. The predicted molar refractivity (Wildman–Crippen MR) is 97.2 cm³/mol. The Balaban J connectivity index is 5.04. The summed E-state index contributed by atoms with van der Waals surface area (Å²) in [6.07, 6.45) is 9.30. The maximum Gasteiger partial charge on any atom is 0.0655 e. The number of allylic oxidation sites excluding steroid dienone is 3. The fraction of sp³-hybridized carbons (Fsp3) is 0.571. The second kappa shape index (κ2) is 10.00. The Morgan fingerprint density at radius 1 is 1.32 bits per heavy atom. The van der Waals surface area contributed by atoms with E-state index >= 15 is 0 Å². The molecule has 2 nitrogen and oxygen atoms in total. The number of thiol groups is 2. The van der Waals surface area contributed by atoms with E-state index in [0.29, 0.717) is 6.61 Å². The molecule has 0 saturated carbocycles. The van der Waals surface area contributed by atoms with Crippen LogP contribution in [0.3, 0.4) is 0 Å². The van der Waals surface area contributed by atoms with E-state index in [9.17, 15) is 0 Å². The van der Waals surface area contributed by atoms with E-state index < -0.39 is 8.09 Å². The number of rotatable bonds is 8. The van der Waals surface area contributed by atoms with Gasteiger partial charge in [0.2, 0.25) is 0 Å². The van der Waals surface area contributed by atoms with Gasteiger partial charge in [0.1, 0.15) is 0 Å². The van der Waals surface area contributed by atoms with Gasteiger partial charge in [0.15, 0.2) is 0 Å². The van der Waals surface area contributed by atoms with Crippen molar-refractivity contribution < 1.29 is 4.74 Å². The SMILES string of the molecule is C\C=C(/C=C\C(=C\CC)C(N)COC)S(S)(S)CC. The summed E-state index contributed by atoms with van der Waals surface area (Å²) >= 11 is 9.32. The van der Waals surface area contributed by atoms with Crippen LogP contribution in [0.1, 0.15) is 27.2 Å². The highest BCUT2D eigenvalue weighted by molar-refractivity contribution is 9.19. The molecule has 0 fully saturated rings. The molecular formula is C14H27NOS3. The highest BCUT2D eigenvalue weighted by atomic mass is 33.5. The fourth-order valence-corrected chi connectivity index (χ4v) is 3.59. The van der Waals surface area contributed by atoms with Crippen molar-refractivity contribution in [1.82, 2.24) is 0 Å². The van der Waals surface area contributed by atoms with E-state index in [2.05, 4.69) is 61.5 Å². The highest BCUT2D eigenvalue weighted by Gasteiger charge is 2.15. The van der Waals surface area contributed by atoms with E-state index in [4.69, 9.17) is 10.5 Å². The Kier molecular flexibility index (Phi) is 10.1. The van der Waals surface area contributed by atoms with Gasteiger partial charge in [-0.25, -0.2) is 0 Å². The number of nitrogens with two attached hydrogens (primary N) is 1. The molecule has 0 aliphatic heterocycles. The molecule has 0 aliphatic carbocycles. The lowest BCUT2D eigenvalue weighted by Gasteiger charge is -2.28. The van der Waals surface area contributed by atoms with Crippen LogP contribution in [-0.2, 0) is 4.74 Å². The summed E-state index contributed by atoms with van der Waals surface area (Å²) < 4.78 is 5.11. The van der Waals surface area contributed by atoms with Crippen LogP contribution in [0.2, 0.25) is 0 Å². The molecule has 5 heteroatoms. The summed E-state index contributed by atoms with van der Waals surface area (Å²) in [5.74, 6) is 0.931. The first-order valence-electron chi connectivity index (χ1n) is 6.47. The maximum atomic E-state index is 6.09. The van der Waals surface area contributed by atoms with Gasteiger partial charge in [-0.15, -0.1) is 31.4 Å². The first-order valence-corrected chi connectivity index (χ1v) is 10.4.